The van der Waals surface area contributed by atoms with E-state index in [1.807, 2.05) is 42.9 Å². The van der Waals surface area contributed by atoms with Crippen LogP contribution in [0.5, 0.6) is 0 Å². The van der Waals surface area contributed by atoms with Crippen LogP contribution in [0.15, 0.2) is 21.3 Å². The lowest BCUT2D eigenvalue weighted by molar-refractivity contribution is 0.415. The van der Waals surface area contributed by atoms with Crippen molar-refractivity contribution in [3.8, 4) is 0 Å². The van der Waals surface area contributed by atoms with Gasteiger partial charge in [-0.05, 0) is 22.0 Å². The third-order valence-corrected chi connectivity index (χ3v) is 2.88. The van der Waals surface area contributed by atoms with E-state index >= 15 is 0 Å². The van der Waals surface area contributed by atoms with Gasteiger partial charge in [-0.1, -0.05) is 29.8 Å². The van der Waals surface area contributed by atoms with Gasteiger partial charge in [0.05, 0.1) is 6.61 Å². The van der Waals surface area contributed by atoms with E-state index in [-0.39, 0.29) is 0 Å². The van der Waals surface area contributed by atoms with Gasteiger partial charge < -0.3 is 3.07 Å². The Morgan fingerprint density at radius 2 is 2.08 bits per heavy atom. The van der Waals surface area contributed by atoms with Crippen LogP contribution >= 0.6 is 54.9 Å². The van der Waals surface area contributed by atoms with Crippen LogP contribution in [-0.4, -0.2) is 4.98 Å². The highest BCUT2D eigenvalue weighted by atomic mass is 127. The van der Waals surface area contributed by atoms with Crippen molar-refractivity contribution in [2.45, 2.75) is 20.5 Å². The van der Waals surface area contributed by atoms with Gasteiger partial charge in [0.25, 0.3) is 0 Å². The minimum Gasteiger partial charge on any atom is -0.311 e. The van der Waals surface area contributed by atoms with Gasteiger partial charge in [-0.2, -0.15) is 0 Å². The van der Waals surface area contributed by atoms with E-state index < -0.39 is 0 Å². The monoisotopic (exact) mass is 421 g/mol. The van der Waals surface area contributed by atoms with Gasteiger partial charge in [-0.3, -0.25) is 0 Å². The highest BCUT2D eigenvalue weighted by Gasteiger charge is 2.04. The summed E-state index contributed by atoms with van der Waals surface area (Å²) >= 11 is 8.57. The Balaban J connectivity index is 0.000000671. The Morgan fingerprint density at radius 1 is 1.46 bits per heavy atom. The zero-order valence-electron chi connectivity index (χ0n) is 7.35. The number of halogens is 3. The molecule has 0 fully saturated rings. The van der Waals surface area contributed by atoms with Gasteiger partial charge in [0, 0.05) is 16.2 Å². The predicted octanol–water partition coefficient (Wildman–Crippen LogP) is 4.50. The molecule has 0 spiro atoms. The maximum atomic E-state index is 4.96. The fourth-order valence-electron chi connectivity index (χ4n) is 0.628. The van der Waals surface area contributed by atoms with Crippen molar-refractivity contribution in [1.82, 2.24) is 4.98 Å². The minimum absolute atomic E-state index is 0.551. The first-order chi connectivity index (χ1) is 6.25. The van der Waals surface area contributed by atoms with E-state index in [4.69, 9.17) is 3.07 Å². The Labute approximate surface area is 109 Å². The molecular formula is C8H10Br2INO. The van der Waals surface area contributed by atoms with E-state index in [1.54, 1.807) is 6.20 Å². The maximum Gasteiger partial charge on any atom is 0.112 e. The number of hydrogen-bond donors (Lipinski definition) is 0. The summed E-state index contributed by atoms with van der Waals surface area (Å²) in [6, 6.07) is 1.88. The van der Waals surface area contributed by atoms with Crippen molar-refractivity contribution in [2.24, 2.45) is 0 Å². The molecule has 0 radical (unpaired) electrons. The van der Waals surface area contributed by atoms with E-state index in [2.05, 4.69) is 36.8 Å². The van der Waals surface area contributed by atoms with Gasteiger partial charge >= 0.3 is 0 Å². The highest BCUT2D eigenvalue weighted by Crippen LogP contribution is 2.24. The number of rotatable bonds is 2. The Kier molecular flexibility index (Phi) is 8.64. The molecule has 0 aliphatic heterocycles. The third kappa shape index (κ3) is 4.71. The van der Waals surface area contributed by atoms with Crippen molar-refractivity contribution in [2.75, 3.05) is 0 Å². The molecule has 0 unspecified atom stereocenters. The number of nitrogens with zero attached hydrogens (tertiary/aromatic N) is 1. The van der Waals surface area contributed by atoms with Crippen LogP contribution in [0.2, 0.25) is 0 Å². The molecule has 2 nitrogen and oxygen atoms in total. The molecular weight excluding hydrogens is 413 g/mol. The first kappa shape index (κ1) is 13.8. The molecule has 0 atom stereocenters. The molecule has 1 aromatic rings. The molecule has 0 aliphatic rings. The fraction of sp³-hybridized carbons (Fsp3) is 0.375. The smallest absolute Gasteiger partial charge is 0.112 e. The molecule has 0 bridgehead atoms. The Hall–Kier alpha value is 0.800. The number of aromatic nitrogens is 1. The second-order valence-electron chi connectivity index (χ2n) is 1.82. The summed E-state index contributed by atoms with van der Waals surface area (Å²) in [5.74, 6) is 0. The summed E-state index contributed by atoms with van der Waals surface area (Å²) in [7, 11) is 0. The summed E-state index contributed by atoms with van der Waals surface area (Å²) in [4.78, 5) is 4.06. The standard InChI is InChI=1S/C6H4Br2INO.C2H6/c7-5-1-2-10-6(8)4(5)3-11-9;1-2/h1-2H,3H2;1-2H3. The van der Waals surface area contributed by atoms with Crippen molar-refractivity contribution in [1.29, 1.82) is 0 Å². The number of hydrogen-bond acceptors (Lipinski definition) is 2. The molecule has 0 aromatic carbocycles. The Morgan fingerprint density at radius 3 is 2.54 bits per heavy atom. The van der Waals surface area contributed by atoms with Crippen molar-refractivity contribution in [3.63, 3.8) is 0 Å². The van der Waals surface area contributed by atoms with Crippen LogP contribution in [0.3, 0.4) is 0 Å². The molecule has 0 N–H and O–H groups in total. The van der Waals surface area contributed by atoms with Gasteiger partial charge in [-0.25, -0.2) is 4.98 Å². The molecule has 13 heavy (non-hydrogen) atoms. The SMILES string of the molecule is Brc1ccnc(Br)c1COI.CC. The highest BCUT2D eigenvalue weighted by molar-refractivity contribution is 14.1. The molecule has 0 aliphatic carbocycles. The predicted molar refractivity (Wildman–Crippen MR) is 69.8 cm³/mol. The molecule has 5 heteroatoms. The topological polar surface area (TPSA) is 22.1 Å². The molecule has 1 aromatic heterocycles. The first-order valence-electron chi connectivity index (χ1n) is 3.78. The molecule has 74 valence electrons. The lowest BCUT2D eigenvalue weighted by atomic mass is 10.3. The molecule has 1 rings (SSSR count). The van der Waals surface area contributed by atoms with Crippen LogP contribution in [-0.2, 0) is 9.67 Å². The number of pyridine rings is 1. The lowest BCUT2D eigenvalue weighted by Crippen LogP contribution is -1.90. The maximum absolute atomic E-state index is 4.96. The summed E-state index contributed by atoms with van der Waals surface area (Å²) in [5, 5.41) is 0. The van der Waals surface area contributed by atoms with E-state index in [0.29, 0.717) is 6.61 Å². The normalized spacial score (nSPS) is 9.00. The minimum atomic E-state index is 0.551. The lowest BCUT2D eigenvalue weighted by Gasteiger charge is -2.02. The second kappa shape index (κ2) is 8.14. The quantitative estimate of drug-likeness (QED) is 0.517. The Bertz CT molecular complexity index is 238. The first-order valence-corrected chi connectivity index (χ1v) is 6.25. The summed E-state index contributed by atoms with van der Waals surface area (Å²) < 4.78 is 6.79. The average molecular weight is 423 g/mol. The van der Waals surface area contributed by atoms with Gasteiger partial charge in [-0.15, -0.1) is 0 Å². The molecule has 0 saturated heterocycles. The van der Waals surface area contributed by atoms with E-state index in [1.165, 1.54) is 0 Å². The largest absolute Gasteiger partial charge is 0.311 e. The summed E-state index contributed by atoms with van der Waals surface area (Å²) in [6.45, 7) is 4.55. The van der Waals surface area contributed by atoms with Crippen LogP contribution in [0.4, 0.5) is 0 Å². The van der Waals surface area contributed by atoms with Crippen LogP contribution in [0.1, 0.15) is 19.4 Å². The van der Waals surface area contributed by atoms with Gasteiger partial charge in [0.15, 0.2) is 0 Å². The molecule has 1 heterocycles. The average Bonchev–Trinajstić information content (AvgIpc) is 2.15. The van der Waals surface area contributed by atoms with Crippen LogP contribution in [0.25, 0.3) is 0 Å². The van der Waals surface area contributed by atoms with Crippen molar-refractivity contribution < 1.29 is 3.07 Å². The fourth-order valence-corrected chi connectivity index (χ4v) is 2.07. The van der Waals surface area contributed by atoms with Crippen LogP contribution in [0, 0.1) is 0 Å². The summed E-state index contributed by atoms with van der Waals surface area (Å²) in [5.41, 5.74) is 1.03. The van der Waals surface area contributed by atoms with Crippen molar-refractivity contribution >= 4 is 54.9 Å². The van der Waals surface area contributed by atoms with E-state index in [9.17, 15) is 0 Å². The molecule has 0 amide bonds. The van der Waals surface area contributed by atoms with Gasteiger partial charge in [0.1, 0.15) is 27.6 Å². The van der Waals surface area contributed by atoms with E-state index in [0.717, 1.165) is 14.6 Å². The van der Waals surface area contributed by atoms with Gasteiger partial charge in [0.2, 0.25) is 0 Å². The second-order valence-corrected chi connectivity index (χ2v) is 4.04. The third-order valence-electron chi connectivity index (χ3n) is 1.14. The van der Waals surface area contributed by atoms with Crippen molar-refractivity contribution in [3.05, 3.63) is 26.9 Å². The van der Waals surface area contributed by atoms with Crippen LogP contribution < -0.4 is 0 Å². The summed E-state index contributed by atoms with van der Waals surface area (Å²) in [6.07, 6.45) is 1.73. The molecule has 0 saturated carbocycles. The zero-order valence-corrected chi connectivity index (χ0v) is 12.7. The zero-order chi connectivity index (χ0) is 10.3.